The Labute approximate surface area is 328 Å². The van der Waals surface area contributed by atoms with Gasteiger partial charge >= 0.3 is 0 Å². The molecule has 0 N–H and O–H groups in total. The predicted molar refractivity (Wildman–Crippen MR) is 236 cm³/mol. The zero-order valence-corrected chi connectivity index (χ0v) is 31.1. The van der Waals surface area contributed by atoms with Gasteiger partial charge in [0.15, 0.2) is 11.5 Å². The average molecular weight is 732 g/mol. The normalized spacial score (nSPS) is 11.6. The lowest BCUT2D eigenvalue weighted by Gasteiger charge is -2.14. The highest BCUT2D eigenvalue weighted by atomic mass is 32.1. The molecule has 0 radical (unpaired) electrons. The van der Waals surface area contributed by atoms with Crippen molar-refractivity contribution in [2.24, 2.45) is 0 Å². The highest BCUT2D eigenvalue weighted by molar-refractivity contribution is 7.26. The van der Waals surface area contributed by atoms with E-state index in [1.54, 1.807) is 0 Å². The third-order valence-corrected chi connectivity index (χ3v) is 12.2. The fourth-order valence-corrected chi connectivity index (χ4v) is 9.44. The van der Waals surface area contributed by atoms with Crippen LogP contribution in [0.5, 0.6) is 0 Å². The van der Waals surface area contributed by atoms with E-state index in [0.29, 0.717) is 0 Å². The van der Waals surface area contributed by atoms with Crippen molar-refractivity contribution in [3.05, 3.63) is 200 Å². The van der Waals surface area contributed by atoms with Gasteiger partial charge in [0.1, 0.15) is 0 Å². The second-order valence-electron chi connectivity index (χ2n) is 14.2. The van der Waals surface area contributed by atoms with Crippen LogP contribution < -0.4 is 0 Å². The second kappa shape index (κ2) is 13.3. The Morgan fingerprint density at radius 2 is 0.893 bits per heavy atom. The molecule has 11 rings (SSSR count). The second-order valence-corrected chi connectivity index (χ2v) is 15.3. The van der Waals surface area contributed by atoms with Crippen molar-refractivity contribution in [2.45, 2.75) is 0 Å². The summed E-state index contributed by atoms with van der Waals surface area (Å²) in [5.74, 6) is 0.832. The summed E-state index contributed by atoms with van der Waals surface area (Å²) in [7, 11) is 0. The molecule has 0 aliphatic heterocycles. The van der Waals surface area contributed by atoms with Crippen LogP contribution >= 0.6 is 11.3 Å². The van der Waals surface area contributed by atoms with Crippen molar-refractivity contribution in [3.8, 4) is 67.0 Å². The topological polar surface area (TPSA) is 30.2 Å². The molecule has 3 heterocycles. The average Bonchev–Trinajstić information content (AvgIpc) is 3.89. The summed E-state index contributed by atoms with van der Waals surface area (Å²) in [5, 5.41) is 14.1. The molecule has 4 heteroatoms. The van der Waals surface area contributed by atoms with Gasteiger partial charge in [-0.05, 0) is 85.8 Å². The zero-order chi connectivity index (χ0) is 37.0. The molecule has 11 aromatic rings. The van der Waals surface area contributed by atoms with Crippen molar-refractivity contribution in [1.82, 2.24) is 14.6 Å². The van der Waals surface area contributed by atoms with Gasteiger partial charge in [-0.1, -0.05) is 164 Å². The monoisotopic (exact) mass is 731 g/mol. The highest BCUT2D eigenvalue weighted by Crippen LogP contribution is 2.46. The fraction of sp³-hybridized carbons (Fsp3) is 0. The molecule has 0 aliphatic carbocycles. The number of rotatable bonds is 6. The van der Waals surface area contributed by atoms with Crippen LogP contribution in [0.25, 0.3) is 104 Å². The third kappa shape index (κ3) is 5.42. The molecule has 8 aromatic carbocycles. The Bertz CT molecular complexity index is 3230. The Kier molecular flexibility index (Phi) is 7.68. The molecule has 0 bridgehead atoms. The summed E-state index contributed by atoms with van der Waals surface area (Å²) in [4.78, 5) is 0. The lowest BCUT2D eigenvalue weighted by molar-refractivity contribution is 1.11. The van der Waals surface area contributed by atoms with Gasteiger partial charge in [0.05, 0.1) is 0 Å². The first-order valence-corrected chi connectivity index (χ1v) is 19.7. The van der Waals surface area contributed by atoms with Crippen LogP contribution in [0.4, 0.5) is 0 Å². The van der Waals surface area contributed by atoms with E-state index >= 15 is 0 Å². The van der Waals surface area contributed by atoms with Crippen LogP contribution in [0.15, 0.2) is 200 Å². The van der Waals surface area contributed by atoms with E-state index in [0.717, 1.165) is 27.8 Å². The summed E-state index contributed by atoms with van der Waals surface area (Å²) < 4.78 is 4.65. The van der Waals surface area contributed by atoms with Crippen LogP contribution in [-0.4, -0.2) is 14.6 Å². The van der Waals surface area contributed by atoms with Crippen LogP contribution in [0, 0.1) is 0 Å². The quantitative estimate of drug-likeness (QED) is 0.170. The van der Waals surface area contributed by atoms with Crippen molar-refractivity contribution in [3.63, 3.8) is 0 Å². The smallest absolute Gasteiger partial charge is 0.168 e. The lowest BCUT2D eigenvalue weighted by atomic mass is 9.90. The highest BCUT2D eigenvalue weighted by Gasteiger charge is 2.18. The molecular weight excluding hydrogens is 699 g/mol. The minimum absolute atomic E-state index is 0.832. The van der Waals surface area contributed by atoms with E-state index in [2.05, 4.69) is 215 Å². The predicted octanol–water partition coefficient (Wildman–Crippen LogP) is 14.3. The molecule has 262 valence electrons. The molecule has 3 aromatic heterocycles. The molecule has 0 saturated heterocycles. The first kappa shape index (κ1) is 32.3. The van der Waals surface area contributed by atoms with Gasteiger partial charge in [0.2, 0.25) is 0 Å². The molecule has 0 fully saturated rings. The maximum absolute atomic E-state index is 4.66. The lowest BCUT2D eigenvalue weighted by Crippen LogP contribution is -1.90. The Hall–Kier alpha value is -7.14. The standard InChI is InChI=1S/C52H33N3S/c1-3-13-34(14-4-1)41-18-9-11-20-43(41)39-27-28-49-47(31-39)48-33-40(44-21-12-10-19-42(44)35-15-5-2-6-16-35)32-46(50(48)56-49)37-23-25-38(26-24-37)51-53-54-52-45-22-8-7-17-36(45)29-30-55(51)52/h1-33H. The van der Waals surface area contributed by atoms with Gasteiger partial charge in [-0.3, -0.25) is 4.40 Å². The fourth-order valence-electron chi connectivity index (χ4n) is 8.24. The molecule has 3 nitrogen and oxygen atoms in total. The van der Waals surface area contributed by atoms with Crippen molar-refractivity contribution < 1.29 is 0 Å². The van der Waals surface area contributed by atoms with E-state index < -0.39 is 0 Å². The van der Waals surface area contributed by atoms with Crippen LogP contribution in [0.2, 0.25) is 0 Å². The minimum atomic E-state index is 0.832. The first-order valence-electron chi connectivity index (χ1n) is 18.9. The van der Waals surface area contributed by atoms with Crippen LogP contribution in [0.3, 0.4) is 0 Å². The zero-order valence-electron chi connectivity index (χ0n) is 30.3. The summed E-state index contributed by atoms with van der Waals surface area (Å²) in [5.41, 5.74) is 14.0. The maximum atomic E-state index is 4.66. The molecule has 0 spiro atoms. The molecule has 0 unspecified atom stereocenters. The SMILES string of the molecule is c1ccc(-c2ccccc2-c2ccc3sc4c(-c5ccc(-c6nnc7c8ccccc8ccn67)cc5)cc(-c5ccccc5-c5ccccc5)cc4c3c2)cc1. The van der Waals surface area contributed by atoms with E-state index in [9.17, 15) is 0 Å². The molecule has 0 amide bonds. The third-order valence-electron chi connectivity index (χ3n) is 11.0. The number of fused-ring (bicyclic) bond motifs is 6. The minimum Gasteiger partial charge on any atom is -0.282 e. The van der Waals surface area contributed by atoms with Gasteiger partial charge in [0, 0.05) is 42.9 Å². The molecular formula is C52H33N3S. The van der Waals surface area contributed by atoms with Gasteiger partial charge < -0.3 is 0 Å². The van der Waals surface area contributed by atoms with Crippen molar-refractivity contribution in [1.29, 1.82) is 0 Å². The van der Waals surface area contributed by atoms with E-state index in [4.69, 9.17) is 0 Å². The summed E-state index contributed by atoms with van der Waals surface area (Å²) in [6.07, 6.45) is 2.07. The van der Waals surface area contributed by atoms with Crippen molar-refractivity contribution >= 4 is 47.9 Å². The van der Waals surface area contributed by atoms with Gasteiger partial charge in [-0.2, -0.15) is 0 Å². The van der Waals surface area contributed by atoms with Gasteiger partial charge in [-0.15, -0.1) is 21.5 Å². The van der Waals surface area contributed by atoms with Crippen LogP contribution in [-0.2, 0) is 0 Å². The van der Waals surface area contributed by atoms with E-state index in [-0.39, 0.29) is 0 Å². The number of hydrogen-bond donors (Lipinski definition) is 0. The maximum Gasteiger partial charge on any atom is 0.168 e. The summed E-state index contributed by atoms with van der Waals surface area (Å²) in [6, 6.07) is 70.0. The Morgan fingerprint density at radius 3 is 1.59 bits per heavy atom. The molecule has 0 atom stereocenters. The largest absolute Gasteiger partial charge is 0.282 e. The number of aromatic nitrogens is 3. The molecule has 56 heavy (non-hydrogen) atoms. The van der Waals surface area contributed by atoms with Crippen LogP contribution in [0.1, 0.15) is 0 Å². The number of thiophene rings is 1. The number of nitrogens with zero attached hydrogens (tertiary/aromatic N) is 3. The number of benzene rings is 8. The molecule has 0 aliphatic rings. The molecule has 0 saturated carbocycles. The Balaban J connectivity index is 1.10. The van der Waals surface area contributed by atoms with Gasteiger partial charge in [-0.25, -0.2) is 0 Å². The summed E-state index contributed by atoms with van der Waals surface area (Å²) >= 11 is 1.87. The number of hydrogen-bond acceptors (Lipinski definition) is 3. The van der Waals surface area contributed by atoms with E-state index in [1.165, 1.54) is 75.8 Å². The van der Waals surface area contributed by atoms with Crippen molar-refractivity contribution in [2.75, 3.05) is 0 Å². The van der Waals surface area contributed by atoms with Gasteiger partial charge in [0.25, 0.3) is 0 Å². The Morgan fingerprint density at radius 1 is 0.357 bits per heavy atom. The van der Waals surface area contributed by atoms with E-state index in [1.807, 2.05) is 11.3 Å². The number of pyridine rings is 1. The summed E-state index contributed by atoms with van der Waals surface area (Å²) in [6.45, 7) is 0. The first-order chi connectivity index (χ1) is 27.8.